The second kappa shape index (κ2) is 4.38. The van der Waals surface area contributed by atoms with Crippen LogP contribution in [0.2, 0.25) is 0 Å². The Bertz CT molecular complexity index is 392. The molecule has 1 rings (SSSR count). The molecule has 0 unspecified atom stereocenters. The highest BCUT2D eigenvalue weighted by Crippen LogP contribution is 2.33. The van der Waals surface area contributed by atoms with Crippen molar-refractivity contribution in [1.82, 2.24) is 9.97 Å². The number of rotatable bonds is 1. The molecule has 0 spiro atoms. The highest BCUT2D eigenvalue weighted by Gasteiger charge is 2.35. The second-order valence-corrected chi connectivity index (χ2v) is 4.58. The minimum absolute atomic E-state index is 0.310. The number of halogens is 7. The number of hydrogen-bond acceptors (Lipinski definition) is 3. The molecule has 0 radical (unpaired) electrons. The van der Waals surface area contributed by atoms with Crippen molar-refractivity contribution in [3.8, 4) is 5.88 Å². The van der Waals surface area contributed by atoms with E-state index >= 15 is 0 Å². The fourth-order valence-corrected chi connectivity index (χ4v) is 0.950. The van der Waals surface area contributed by atoms with Crippen LogP contribution in [-0.2, 0) is 6.18 Å². The van der Waals surface area contributed by atoms with Gasteiger partial charge >= 0.3 is 16.2 Å². The Morgan fingerprint density at radius 2 is 1.69 bits per heavy atom. The second-order valence-electron chi connectivity index (χ2n) is 2.41. The molecule has 0 saturated carbocycles. The maximum absolute atomic E-state index is 12.6. The van der Waals surface area contributed by atoms with Gasteiger partial charge in [0.2, 0.25) is 5.88 Å². The third kappa shape index (κ3) is 4.15. The summed E-state index contributed by atoms with van der Waals surface area (Å²) < 4.78 is 51.1. The molecule has 0 bridgehead atoms. The standard InChI is InChI=1S/C6HCl3F4N2O/c7-6(8,9)16-3-1-2(5(11,12)13)14-4(10)15-3/h1H. The summed E-state index contributed by atoms with van der Waals surface area (Å²) in [6.07, 6.45) is -6.49. The first-order valence-electron chi connectivity index (χ1n) is 3.45. The fraction of sp³-hybridized carbons (Fsp3) is 0.333. The maximum atomic E-state index is 12.6. The summed E-state index contributed by atoms with van der Waals surface area (Å²) in [4.78, 5) is 5.40. The Hall–Kier alpha value is -0.530. The van der Waals surface area contributed by atoms with Crippen LogP contribution >= 0.6 is 34.8 Å². The number of nitrogens with zero attached hydrogens (tertiary/aromatic N) is 2. The summed E-state index contributed by atoms with van der Waals surface area (Å²) >= 11 is 15.4. The van der Waals surface area contributed by atoms with Gasteiger partial charge in [0, 0.05) is 6.07 Å². The molecule has 90 valence electrons. The van der Waals surface area contributed by atoms with Crippen molar-refractivity contribution in [3.63, 3.8) is 0 Å². The quantitative estimate of drug-likeness (QED) is 0.453. The first-order valence-corrected chi connectivity index (χ1v) is 4.59. The molecule has 1 heterocycles. The van der Waals surface area contributed by atoms with Gasteiger partial charge in [-0.05, 0) is 34.8 Å². The third-order valence-corrected chi connectivity index (χ3v) is 1.42. The average Bonchev–Trinajstić information content (AvgIpc) is 1.97. The molecule has 0 aliphatic carbocycles. The van der Waals surface area contributed by atoms with E-state index in [1.54, 1.807) is 0 Å². The molecular weight excluding hydrogens is 298 g/mol. The van der Waals surface area contributed by atoms with Gasteiger partial charge in [0.15, 0.2) is 5.69 Å². The molecule has 0 aliphatic rings. The SMILES string of the molecule is Fc1nc(OC(Cl)(Cl)Cl)cc(C(F)(F)F)n1. The number of ether oxygens (including phenoxy) is 1. The van der Waals surface area contributed by atoms with Gasteiger partial charge in [-0.15, -0.1) is 0 Å². The van der Waals surface area contributed by atoms with Gasteiger partial charge in [-0.1, -0.05) is 0 Å². The van der Waals surface area contributed by atoms with E-state index in [0.717, 1.165) is 0 Å². The molecular formula is C6HCl3F4N2O. The Morgan fingerprint density at radius 3 is 2.12 bits per heavy atom. The number of aromatic nitrogens is 2. The lowest BCUT2D eigenvalue weighted by Gasteiger charge is -2.13. The molecule has 10 heteroatoms. The lowest BCUT2D eigenvalue weighted by atomic mass is 10.4. The molecule has 0 aliphatic heterocycles. The Kier molecular flexibility index (Phi) is 3.71. The molecule has 1 aromatic heterocycles. The normalized spacial score (nSPS) is 12.7. The molecule has 0 saturated heterocycles. The molecule has 0 atom stereocenters. The van der Waals surface area contributed by atoms with E-state index in [1.165, 1.54) is 0 Å². The van der Waals surface area contributed by atoms with E-state index in [2.05, 4.69) is 14.7 Å². The van der Waals surface area contributed by atoms with Gasteiger partial charge in [0.25, 0.3) is 0 Å². The summed E-state index contributed by atoms with van der Waals surface area (Å²) in [5.41, 5.74) is -1.54. The summed E-state index contributed by atoms with van der Waals surface area (Å²) in [6, 6.07) is 0.310. The first kappa shape index (κ1) is 13.5. The summed E-state index contributed by atoms with van der Waals surface area (Å²) in [7, 11) is 0. The van der Waals surface area contributed by atoms with Crippen LogP contribution in [0.5, 0.6) is 5.88 Å². The zero-order valence-electron chi connectivity index (χ0n) is 7.03. The molecule has 0 N–H and O–H groups in total. The van der Waals surface area contributed by atoms with Crippen LogP contribution in [0.15, 0.2) is 6.07 Å². The highest BCUT2D eigenvalue weighted by atomic mass is 35.6. The average molecular weight is 299 g/mol. The van der Waals surface area contributed by atoms with E-state index in [1.807, 2.05) is 0 Å². The van der Waals surface area contributed by atoms with Gasteiger partial charge in [-0.25, -0.2) is 0 Å². The van der Waals surface area contributed by atoms with Crippen molar-refractivity contribution in [3.05, 3.63) is 17.8 Å². The topological polar surface area (TPSA) is 35.0 Å². The van der Waals surface area contributed by atoms with Crippen LogP contribution in [0.1, 0.15) is 5.69 Å². The van der Waals surface area contributed by atoms with Crippen LogP contribution in [-0.4, -0.2) is 13.9 Å². The molecule has 1 aromatic rings. The Balaban J connectivity index is 3.09. The van der Waals surface area contributed by atoms with Gasteiger partial charge in [0.1, 0.15) is 0 Å². The van der Waals surface area contributed by atoms with Gasteiger partial charge in [0.05, 0.1) is 0 Å². The lowest BCUT2D eigenvalue weighted by molar-refractivity contribution is -0.141. The number of alkyl halides is 6. The van der Waals surface area contributed by atoms with Crippen molar-refractivity contribution in [2.75, 3.05) is 0 Å². The third-order valence-electron chi connectivity index (χ3n) is 1.19. The molecule has 0 fully saturated rings. The largest absolute Gasteiger partial charge is 0.433 e. The van der Waals surface area contributed by atoms with E-state index in [9.17, 15) is 17.6 Å². The number of hydrogen-bond donors (Lipinski definition) is 0. The van der Waals surface area contributed by atoms with E-state index in [-0.39, 0.29) is 0 Å². The predicted octanol–water partition coefficient (Wildman–Crippen LogP) is 3.34. The van der Waals surface area contributed by atoms with Gasteiger partial charge in [-0.3, -0.25) is 0 Å². The van der Waals surface area contributed by atoms with Crippen LogP contribution in [0.4, 0.5) is 17.6 Å². The van der Waals surface area contributed by atoms with Crippen molar-refractivity contribution >= 4 is 34.8 Å². The minimum Gasteiger partial charge on any atom is -0.427 e. The predicted molar refractivity (Wildman–Crippen MR) is 47.9 cm³/mol. The van der Waals surface area contributed by atoms with E-state index in [0.29, 0.717) is 6.07 Å². The molecule has 0 amide bonds. The summed E-state index contributed by atoms with van der Waals surface area (Å²) in [5.74, 6) is -0.833. The van der Waals surface area contributed by atoms with Crippen LogP contribution in [0.3, 0.4) is 0 Å². The molecule has 0 aromatic carbocycles. The minimum atomic E-state index is -4.85. The van der Waals surface area contributed by atoms with Crippen LogP contribution in [0.25, 0.3) is 0 Å². The summed E-state index contributed by atoms with van der Waals surface area (Å²) in [5, 5.41) is 0. The van der Waals surface area contributed by atoms with Gasteiger partial charge in [-0.2, -0.15) is 27.5 Å². The monoisotopic (exact) mass is 298 g/mol. The van der Waals surface area contributed by atoms with Crippen LogP contribution < -0.4 is 4.74 Å². The Labute approximate surface area is 101 Å². The fourth-order valence-electron chi connectivity index (χ4n) is 0.713. The van der Waals surface area contributed by atoms with Crippen molar-refractivity contribution in [2.24, 2.45) is 0 Å². The van der Waals surface area contributed by atoms with Crippen molar-refractivity contribution in [2.45, 2.75) is 10.2 Å². The van der Waals surface area contributed by atoms with E-state index in [4.69, 9.17) is 34.8 Å². The van der Waals surface area contributed by atoms with Crippen molar-refractivity contribution < 1.29 is 22.3 Å². The zero-order chi connectivity index (χ0) is 12.6. The maximum Gasteiger partial charge on any atom is 0.433 e. The van der Waals surface area contributed by atoms with E-state index < -0.39 is 27.8 Å². The molecule has 16 heavy (non-hydrogen) atoms. The van der Waals surface area contributed by atoms with Crippen molar-refractivity contribution in [1.29, 1.82) is 0 Å². The lowest BCUT2D eigenvalue weighted by Crippen LogP contribution is -2.16. The van der Waals surface area contributed by atoms with Gasteiger partial charge < -0.3 is 4.74 Å². The smallest absolute Gasteiger partial charge is 0.427 e. The Morgan fingerprint density at radius 1 is 1.12 bits per heavy atom. The first-order chi connectivity index (χ1) is 7.08. The molecule has 3 nitrogen and oxygen atoms in total. The summed E-state index contributed by atoms with van der Waals surface area (Å²) in [6.45, 7) is 0. The highest BCUT2D eigenvalue weighted by molar-refractivity contribution is 6.66. The van der Waals surface area contributed by atoms with Crippen LogP contribution in [0, 0.1) is 6.08 Å². The zero-order valence-corrected chi connectivity index (χ0v) is 9.29.